The fraction of sp³-hybridized carbons (Fsp3) is 0.133. The van der Waals surface area contributed by atoms with Gasteiger partial charge in [0.05, 0.1) is 16.8 Å². The minimum atomic E-state index is -4.40. The van der Waals surface area contributed by atoms with Crippen LogP contribution in [0.5, 0.6) is 0 Å². The topological polar surface area (TPSA) is 50.7 Å². The Morgan fingerprint density at radius 1 is 1.00 bits per heavy atom. The van der Waals surface area contributed by atoms with Crippen LogP contribution >= 0.6 is 0 Å². The third-order valence-electron chi connectivity index (χ3n) is 3.24. The summed E-state index contributed by atoms with van der Waals surface area (Å²) in [6, 6.07) is 5.94. The van der Waals surface area contributed by atoms with Crippen molar-refractivity contribution < 1.29 is 13.2 Å². The molecule has 3 aromatic rings. The molecule has 0 atom stereocenters. The van der Waals surface area contributed by atoms with Gasteiger partial charge in [0.15, 0.2) is 0 Å². The average Bonchev–Trinajstić information content (AvgIpc) is 2.53. The second kappa shape index (κ2) is 5.25. The normalized spacial score (nSPS) is 11.6. The van der Waals surface area contributed by atoms with Crippen LogP contribution < -0.4 is 5.32 Å². The SMILES string of the molecule is CNc1ncc(-c2ccc(C(F)(F)F)cn2)c2ncccc12. The van der Waals surface area contributed by atoms with E-state index >= 15 is 0 Å². The lowest BCUT2D eigenvalue weighted by Gasteiger charge is -2.10. The van der Waals surface area contributed by atoms with Gasteiger partial charge in [-0.05, 0) is 24.3 Å². The number of alkyl halides is 3. The molecule has 0 aromatic carbocycles. The molecule has 0 fully saturated rings. The van der Waals surface area contributed by atoms with Crippen molar-refractivity contribution in [2.45, 2.75) is 6.18 Å². The number of rotatable bonds is 2. The van der Waals surface area contributed by atoms with Crippen LogP contribution in [0.25, 0.3) is 22.2 Å². The zero-order valence-electron chi connectivity index (χ0n) is 11.5. The number of anilines is 1. The Hall–Kier alpha value is -2.70. The molecule has 7 heteroatoms. The fourth-order valence-electron chi connectivity index (χ4n) is 2.18. The van der Waals surface area contributed by atoms with E-state index in [4.69, 9.17) is 0 Å². The maximum Gasteiger partial charge on any atom is 0.417 e. The third-order valence-corrected chi connectivity index (χ3v) is 3.24. The number of hydrogen-bond donors (Lipinski definition) is 1. The van der Waals surface area contributed by atoms with E-state index in [9.17, 15) is 13.2 Å². The van der Waals surface area contributed by atoms with E-state index in [1.807, 2.05) is 6.07 Å². The average molecular weight is 304 g/mol. The Morgan fingerprint density at radius 3 is 2.45 bits per heavy atom. The van der Waals surface area contributed by atoms with E-state index in [1.54, 1.807) is 25.5 Å². The van der Waals surface area contributed by atoms with Gasteiger partial charge in [-0.2, -0.15) is 13.2 Å². The molecular formula is C15H11F3N4. The lowest BCUT2D eigenvalue weighted by Crippen LogP contribution is -2.05. The molecule has 0 radical (unpaired) electrons. The summed E-state index contributed by atoms with van der Waals surface area (Å²) < 4.78 is 37.8. The molecular weight excluding hydrogens is 293 g/mol. The Morgan fingerprint density at radius 2 is 1.82 bits per heavy atom. The van der Waals surface area contributed by atoms with Gasteiger partial charge in [0.1, 0.15) is 5.82 Å². The van der Waals surface area contributed by atoms with Crippen molar-refractivity contribution in [3.63, 3.8) is 0 Å². The van der Waals surface area contributed by atoms with Gasteiger partial charge >= 0.3 is 6.18 Å². The zero-order chi connectivity index (χ0) is 15.7. The molecule has 22 heavy (non-hydrogen) atoms. The van der Waals surface area contributed by atoms with Crippen molar-refractivity contribution in [1.82, 2.24) is 15.0 Å². The molecule has 0 saturated carbocycles. The number of nitrogens with one attached hydrogen (secondary N) is 1. The summed E-state index contributed by atoms with van der Waals surface area (Å²) in [7, 11) is 1.74. The highest BCUT2D eigenvalue weighted by Gasteiger charge is 2.30. The fourth-order valence-corrected chi connectivity index (χ4v) is 2.18. The van der Waals surface area contributed by atoms with E-state index in [2.05, 4.69) is 20.3 Å². The van der Waals surface area contributed by atoms with Crippen LogP contribution in [0.2, 0.25) is 0 Å². The number of aromatic nitrogens is 3. The molecule has 0 unspecified atom stereocenters. The van der Waals surface area contributed by atoms with Crippen LogP contribution in [0.3, 0.4) is 0 Å². The highest BCUT2D eigenvalue weighted by Crippen LogP contribution is 2.32. The predicted octanol–water partition coefficient (Wildman–Crippen LogP) is 3.75. The van der Waals surface area contributed by atoms with Crippen molar-refractivity contribution in [2.75, 3.05) is 12.4 Å². The summed E-state index contributed by atoms with van der Waals surface area (Å²) in [4.78, 5) is 12.5. The Balaban J connectivity index is 2.15. The van der Waals surface area contributed by atoms with Crippen LogP contribution in [0.4, 0.5) is 19.0 Å². The summed E-state index contributed by atoms with van der Waals surface area (Å²) >= 11 is 0. The molecule has 4 nitrogen and oxygen atoms in total. The summed E-state index contributed by atoms with van der Waals surface area (Å²) in [6.45, 7) is 0. The number of nitrogens with zero attached hydrogens (tertiary/aromatic N) is 3. The number of hydrogen-bond acceptors (Lipinski definition) is 4. The van der Waals surface area contributed by atoms with Crippen molar-refractivity contribution in [2.24, 2.45) is 0 Å². The highest BCUT2D eigenvalue weighted by atomic mass is 19.4. The van der Waals surface area contributed by atoms with Gasteiger partial charge in [-0.1, -0.05) is 0 Å². The lowest BCUT2D eigenvalue weighted by molar-refractivity contribution is -0.137. The number of fused-ring (bicyclic) bond motifs is 1. The van der Waals surface area contributed by atoms with E-state index in [0.717, 1.165) is 17.6 Å². The predicted molar refractivity (Wildman–Crippen MR) is 77.3 cm³/mol. The number of halogens is 3. The van der Waals surface area contributed by atoms with Crippen LogP contribution in [-0.4, -0.2) is 22.0 Å². The first-order chi connectivity index (χ1) is 10.5. The maximum atomic E-state index is 12.6. The molecule has 0 aliphatic carbocycles. The van der Waals surface area contributed by atoms with E-state index in [1.165, 1.54) is 6.07 Å². The largest absolute Gasteiger partial charge is 0.417 e. The Kier molecular flexibility index (Phi) is 3.40. The number of pyridine rings is 3. The van der Waals surface area contributed by atoms with E-state index in [0.29, 0.717) is 22.6 Å². The van der Waals surface area contributed by atoms with Crippen molar-refractivity contribution >= 4 is 16.7 Å². The minimum Gasteiger partial charge on any atom is -0.373 e. The smallest absolute Gasteiger partial charge is 0.373 e. The molecule has 0 amide bonds. The van der Waals surface area contributed by atoms with Crippen molar-refractivity contribution in [3.05, 3.63) is 48.4 Å². The van der Waals surface area contributed by atoms with Crippen molar-refractivity contribution in [3.8, 4) is 11.3 Å². The molecule has 0 saturated heterocycles. The molecule has 112 valence electrons. The van der Waals surface area contributed by atoms with Crippen LogP contribution in [0.1, 0.15) is 5.56 Å². The van der Waals surface area contributed by atoms with Crippen LogP contribution in [0.15, 0.2) is 42.9 Å². The first-order valence-corrected chi connectivity index (χ1v) is 6.46. The van der Waals surface area contributed by atoms with Gasteiger partial charge in [0, 0.05) is 36.6 Å². The molecule has 0 aliphatic rings. The van der Waals surface area contributed by atoms with Gasteiger partial charge in [-0.25, -0.2) is 4.98 Å². The van der Waals surface area contributed by atoms with Gasteiger partial charge < -0.3 is 5.32 Å². The first-order valence-electron chi connectivity index (χ1n) is 6.46. The summed E-state index contributed by atoms with van der Waals surface area (Å²) in [5.41, 5.74) is 0.831. The van der Waals surface area contributed by atoms with Gasteiger partial charge in [0.25, 0.3) is 0 Å². The van der Waals surface area contributed by atoms with E-state index < -0.39 is 11.7 Å². The maximum absolute atomic E-state index is 12.6. The summed E-state index contributed by atoms with van der Waals surface area (Å²) in [6.07, 6.45) is -0.414. The molecule has 3 rings (SSSR count). The zero-order valence-corrected chi connectivity index (χ0v) is 11.5. The highest BCUT2D eigenvalue weighted by molar-refractivity contribution is 5.98. The molecule has 3 aromatic heterocycles. The first kappa shape index (κ1) is 14.2. The molecule has 3 heterocycles. The van der Waals surface area contributed by atoms with E-state index in [-0.39, 0.29) is 0 Å². The van der Waals surface area contributed by atoms with Crippen molar-refractivity contribution in [1.29, 1.82) is 0 Å². The molecule has 1 N–H and O–H groups in total. The van der Waals surface area contributed by atoms with Gasteiger partial charge in [-0.15, -0.1) is 0 Å². The standard InChI is InChI=1S/C15H11F3N4/c1-19-14-10-3-2-6-20-13(10)11(8-22-14)12-5-4-9(7-21-12)15(16,17)18/h2-8H,1H3,(H,19,22). The third kappa shape index (κ3) is 2.45. The molecule has 0 bridgehead atoms. The Bertz CT molecular complexity index is 813. The lowest BCUT2D eigenvalue weighted by atomic mass is 10.1. The second-order valence-corrected chi connectivity index (χ2v) is 4.60. The van der Waals surface area contributed by atoms with Crippen LogP contribution in [0, 0.1) is 0 Å². The summed E-state index contributed by atoms with van der Waals surface area (Å²) in [5, 5.41) is 3.74. The van der Waals surface area contributed by atoms with Gasteiger partial charge in [0.2, 0.25) is 0 Å². The quantitative estimate of drug-likeness (QED) is 0.783. The molecule has 0 spiro atoms. The Labute approximate surface area is 124 Å². The summed E-state index contributed by atoms with van der Waals surface area (Å²) in [5.74, 6) is 0.652. The second-order valence-electron chi connectivity index (χ2n) is 4.60. The molecule has 0 aliphatic heterocycles. The monoisotopic (exact) mass is 304 g/mol. The minimum absolute atomic E-state index is 0.395. The van der Waals surface area contributed by atoms with Gasteiger partial charge in [-0.3, -0.25) is 9.97 Å². The van der Waals surface area contributed by atoms with Crippen LogP contribution in [-0.2, 0) is 6.18 Å².